The number of aromatic nitrogens is 1. The summed E-state index contributed by atoms with van der Waals surface area (Å²) in [6, 6.07) is 5.46. The third kappa shape index (κ3) is 2.31. The lowest BCUT2D eigenvalue weighted by Gasteiger charge is -2.13. The molecule has 0 radical (unpaired) electrons. The number of benzene rings is 1. The fourth-order valence-electron chi connectivity index (χ4n) is 1.49. The second-order valence-corrected chi connectivity index (χ2v) is 5.97. The van der Waals surface area contributed by atoms with Gasteiger partial charge in [0.15, 0.2) is 0 Å². The average Bonchev–Trinajstić information content (AvgIpc) is 2.70. The van der Waals surface area contributed by atoms with Crippen LogP contribution < -0.4 is 0 Å². The fourth-order valence-corrected chi connectivity index (χ4v) is 2.55. The lowest BCUT2D eigenvalue weighted by Crippen LogP contribution is -2.09. The lowest BCUT2D eigenvalue weighted by molar-refractivity contribution is 0.0601. The fraction of sp³-hybridized carbons (Fsp3) is 0.385. The summed E-state index contributed by atoms with van der Waals surface area (Å²) in [7, 11) is 1.39. The number of nitrogens with zero attached hydrogens (tertiary/aromatic N) is 1. The summed E-state index contributed by atoms with van der Waals surface area (Å²) >= 11 is 1.63. The maximum absolute atomic E-state index is 11.4. The summed E-state index contributed by atoms with van der Waals surface area (Å²) in [6.07, 6.45) is 0. The highest BCUT2D eigenvalue weighted by Gasteiger charge is 2.19. The van der Waals surface area contributed by atoms with E-state index in [9.17, 15) is 4.79 Å². The Labute approximate surface area is 104 Å². The van der Waals surface area contributed by atoms with Crippen LogP contribution in [0.5, 0.6) is 0 Å². The standard InChI is InChI=1S/C13H15NO2S/c1-13(2,3)12-14-9-6-5-8(11(15)16-4)7-10(9)17-12/h5-7H,1-4H3. The molecule has 1 aromatic carbocycles. The number of hydrogen-bond acceptors (Lipinski definition) is 4. The van der Waals surface area contributed by atoms with Gasteiger partial charge in [-0.15, -0.1) is 11.3 Å². The highest BCUT2D eigenvalue weighted by Crippen LogP contribution is 2.31. The first-order valence-electron chi connectivity index (χ1n) is 5.41. The Morgan fingerprint density at radius 2 is 2.06 bits per heavy atom. The lowest BCUT2D eigenvalue weighted by atomic mass is 9.98. The van der Waals surface area contributed by atoms with Gasteiger partial charge in [0.05, 0.1) is 27.9 Å². The van der Waals surface area contributed by atoms with E-state index in [0.717, 1.165) is 15.2 Å². The number of thiazole rings is 1. The maximum atomic E-state index is 11.4. The van der Waals surface area contributed by atoms with E-state index in [2.05, 4.69) is 25.8 Å². The van der Waals surface area contributed by atoms with Crippen molar-refractivity contribution in [1.82, 2.24) is 4.98 Å². The van der Waals surface area contributed by atoms with E-state index in [0.29, 0.717) is 5.56 Å². The van der Waals surface area contributed by atoms with Gasteiger partial charge in [0.1, 0.15) is 0 Å². The van der Waals surface area contributed by atoms with Crippen LogP contribution in [0.3, 0.4) is 0 Å². The smallest absolute Gasteiger partial charge is 0.337 e. The van der Waals surface area contributed by atoms with Crippen LogP contribution in [0.15, 0.2) is 18.2 Å². The molecule has 0 fully saturated rings. The largest absolute Gasteiger partial charge is 0.465 e. The van der Waals surface area contributed by atoms with E-state index in [1.807, 2.05) is 12.1 Å². The maximum Gasteiger partial charge on any atom is 0.337 e. The summed E-state index contributed by atoms with van der Waals surface area (Å²) in [5.74, 6) is -0.308. The van der Waals surface area contributed by atoms with Crippen LogP contribution in [0.1, 0.15) is 36.1 Å². The highest BCUT2D eigenvalue weighted by molar-refractivity contribution is 7.18. The molecule has 0 atom stereocenters. The molecule has 1 heterocycles. The molecular weight excluding hydrogens is 234 g/mol. The average molecular weight is 249 g/mol. The third-order valence-corrected chi connectivity index (χ3v) is 3.90. The van der Waals surface area contributed by atoms with Crippen LogP contribution in [-0.2, 0) is 10.2 Å². The van der Waals surface area contributed by atoms with E-state index < -0.39 is 0 Å². The number of carbonyl (C=O) groups is 1. The van der Waals surface area contributed by atoms with Gasteiger partial charge in [-0.05, 0) is 18.2 Å². The zero-order chi connectivity index (χ0) is 12.6. The van der Waals surface area contributed by atoms with E-state index in [-0.39, 0.29) is 11.4 Å². The second-order valence-electron chi connectivity index (χ2n) is 4.94. The van der Waals surface area contributed by atoms with Gasteiger partial charge in [0, 0.05) is 5.41 Å². The zero-order valence-electron chi connectivity index (χ0n) is 10.4. The van der Waals surface area contributed by atoms with Gasteiger partial charge in [0.2, 0.25) is 0 Å². The quantitative estimate of drug-likeness (QED) is 0.727. The number of fused-ring (bicyclic) bond motifs is 1. The molecule has 1 aromatic heterocycles. The predicted molar refractivity (Wildman–Crippen MR) is 69.7 cm³/mol. The minimum absolute atomic E-state index is 0.0368. The van der Waals surface area contributed by atoms with E-state index in [1.165, 1.54) is 7.11 Å². The SMILES string of the molecule is COC(=O)c1ccc2nc(C(C)(C)C)sc2c1. The minimum Gasteiger partial charge on any atom is -0.465 e. The van der Waals surface area contributed by atoms with Crippen LogP contribution in [0.4, 0.5) is 0 Å². The van der Waals surface area contributed by atoms with Gasteiger partial charge in [-0.1, -0.05) is 20.8 Å². The monoisotopic (exact) mass is 249 g/mol. The molecule has 17 heavy (non-hydrogen) atoms. The van der Waals surface area contributed by atoms with Crippen molar-refractivity contribution >= 4 is 27.5 Å². The molecule has 0 saturated carbocycles. The molecule has 0 unspecified atom stereocenters. The highest BCUT2D eigenvalue weighted by atomic mass is 32.1. The Bertz CT molecular complexity index is 566. The van der Waals surface area contributed by atoms with Crippen LogP contribution >= 0.6 is 11.3 Å². The van der Waals surface area contributed by atoms with E-state index in [1.54, 1.807) is 17.4 Å². The van der Waals surface area contributed by atoms with Gasteiger partial charge >= 0.3 is 5.97 Å². The van der Waals surface area contributed by atoms with Crippen LogP contribution in [-0.4, -0.2) is 18.1 Å². The molecule has 2 rings (SSSR count). The van der Waals surface area contributed by atoms with Crippen LogP contribution in [0.2, 0.25) is 0 Å². The number of hydrogen-bond donors (Lipinski definition) is 0. The van der Waals surface area contributed by atoms with Crippen molar-refractivity contribution in [3.8, 4) is 0 Å². The molecule has 0 amide bonds. The number of methoxy groups -OCH3 is 1. The molecule has 0 aliphatic heterocycles. The summed E-state index contributed by atoms with van der Waals surface area (Å²) in [4.78, 5) is 16.0. The molecule has 4 heteroatoms. The first-order valence-corrected chi connectivity index (χ1v) is 6.23. The molecule has 2 aromatic rings. The Morgan fingerprint density at radius 1 is 1.35 bits per heavy atom. The number of rotatable bonds is 1. The Balaban J connectivity index is 2.52. The van der Waals surface area contributed by atoms with Crippen LogP contribution in [0, 0.1) is 0 Å². The Hall–Kier alpha value is -1.42. The van der Waals surface area contributed by atoms with Crippen molar-refractivity contribution in [2.45, 2.75) is 26.2 Å². The van der Waals surface area contributed by atoms with Crippen molar-refractivity contribution < 1.29 is 9.53 Å². The van der Waals surface area contributed by atoms with Crippen molar-refractivity contribution in [2.75, 3.05) is 7.11 Å². The van der Waals surface area contributed by atoms with Gasteiger partial charge in [0.25, 0.3) is 0 Å². The number of carbonyl (C=O) groups excluding carboxylic acids is 1. The van der Waals surface area contributed by atoms with Crippen molar-refractivity contribution in [2.24, 2.45) is 0 Å². The molecule has 0 aliphatic carbocycles. The van der Waals surface area contributed by atoms with Crippen molar-refractivity contribution in [3.63, 3.8) is 0 Å². The minimum atomic E-state index is -0.308. The summed E-state index contributed by atoms with van der Waals surface area (Å²) in [5, 5.41) is 1.08. The van der Waals surface area contributed by atoms with E-state index in [4.69, 9.17) is 4.74 Å². The normalized spacial score (nSPS) is 11.8. The molecular formula is C13H15NO2S. The second kappa shape index (κ2) is 4.11. The third-order valence-electron chi connectivity index (χ3n) is 2.45. The topological polar surface area (TPSA) is 39.2 Å². The van der Waals surface area contributed by atoms with Crippen LogP contribution in [0.25, 0.3) is 10.2 Å². The van der Waals surface area contributed by atoms with Crippen molar-refractivity contribution in [3.05, 3.63) is 28.8 Å². The zero-order valence-corrected chi connectivity index (χ0v) is 11.2. The van der Waals surface area contributed by atoms with E-state index >= 15 is 0 Å². The first-order chi connectivity index (χ1) is 7.91. The van der Waals surface area contributed by atoms with Gasteiger partial charge in [-0.3, -0.25) is 0 Å². The molecule has 0 bridgehead atoms. The van der Waals surface area contributed by atoms with Gasteiger partial charge < -0.3 is 4.74 Å². The Morgan fingerprint density at radius 3 is 2.65 bits per heavy atom. The molecule has 90 valence electrons. The summed E-state index contributed by atoms with van der Waals surface area (Å²) in [5.41, 5.74) is 1.55. The summed E-state index contributed by atoms with van der Waals surface area (Å²) < 4.78 is 5.73. The molecule has 0 aliphatic rings. The molecule has 0 saturated heterocycles. The van der Waals surface area contributed by atoms with Gasteiger partial charge in [-0.25, -0.2) is 9.78 Å². The number of ether oxygens (including phenoxy) is 1. The Kier molecular flexibility index (Phi) is 2.91. The predicted octanol–water partition coefficient (Wildman–Crippen LogP) is 3.38. The number of esters is 1. The van der Waals surface area contributed by atoms with Crippen molar-refractivity contribution in [1.29, 1.82) is 0 Å². The van der Waals surface area contributed by atoms with Gasteiger partial charge in [-0.2, -0.15) is 0 Å². The molecule has 0 spiro atoms. The first kappa shape index (κ1) is 12.0. The summed E-state index contributed by atoms with van der Waals surface area (Å²) in [6.45, 7) is 6.39. The molecule has 3 nitrogen and oxygen atoms in total. The molecule has 0 N–H and O–H groups in total.